The van der Waals surface area contributed by atoms with Crippen molar-refractivity contribution in [1.82, 2.24) is 31.1 Å². The van der Waals surface area contributed by atoms with Gasteiger partial charge in [0.25, 0.3) is 17.7 Å². The number of halogens is 1. The highest BCUT2D eigenvalue weighted by Gasteiger charge is 2.38. The van der Waals surface area contributed by atoms with Crippen molar-refractivity contribution < 1.29 is 43.8 Å². The average Bonchev–Trinajstić information content (AvgIpc) is 3.80. The second-order valence-corrected chi connectivity index (χ2v) is 16.6. The molecule has 66 heavy (non-hydrogen) atoms. The molecule has 2 aliphatic rings. The molecular formula is C46H53ClN10O9. The number of nitrogens with two attached hydrogens (primary N) is 4. The molecule has 14 N–H and O–H groups in total. The molecule has 6 atom stereocenters. The van der Waals surface area contributed by atoms with Crippen LogP contribution in [-0.2, 0) is 35.2 Å². The highest BCUT2D eigenvalue weighted by atomic mass is 35.5. The van der Waals surface area contributed by atoms with E-state index in [1.165, 1.54) is 48.3 Å². The third-order valence-corrected chi connectivity index (χ3v) is 11.9. The maximum atomic E-state index is 14.6. The van der Waals surface area contributed by atoms with Gasteiger partial charge in [-0.2, -0.15) is 0 Å². The Morgan fingerprint density at radius 1 is 0.864 bits per heavy atom. The number of rotatable bonds is 13. The van der Waals surface area contributed by atoms with Crippen molar-refractivity contribution in [1.29, 1.82) is 0 Å². The summed E-state index contributed by atoms with van der Waals surface area (Å²) >= 11 is 6.04. The lowest BCUT2D eigenvalue weighted by molar-refractivity contribution is -0.142. The minimum atomic E-state index is -1.82. The van der Waals surface area contributed by atoms with Crippen LogP contribution < -0.4 is 44.2 Å². The first-order chi connectivity index (χ1) is 31.5. The summed E-state index contributed by atoms with van der Waals surface area (Å²) in [5, 5.41) is 32.9. The number of carbonyl (C=O) groups excluding carboxylic acids is 7. The summed E-state index contributed by atoms with van der Waals surface area (Å²) in [4.78, 5) is 97.7. The lowest BCUT2D eigenvalue weighted by Crippen LogP contribution is -2.62. The minimum Gasteiger partial charge on any atom is -0.507 e. The fourth-order valence-corrected chi connectivity index (χ4v) is 8.19. The monoisotopic (exact) mass is 924 g/mol. The van der Waals surface area contributed by atoms with Gasteiger partial charge in [0.05, 0.1) is 0 Å². The quantitative estimate of drug-likeness (QED) is 0.0659. The molecule has 4 aromatic carbocycles. The molecule has 20 heteroatoms. The van der Waals surface area contributed by atoms with Gasteiger partial charge in [-0.05, 0) is 109 Å². The number of hydrogen-bond acceptors (Lipinski definition) is 12. The van der Waals surface area contributed by atoms with E-state index in [1.54, 1.807) is 36.4 Å². The predicted octanol–water partition coefficient (Wildman–Crippen LogP) is 0.832. The van der Waals surface area contributed by atoms with Crippen LogP contribution in [-0.4, -0.2) is 112 Å². The van der Waals surface area contributed by atoms with E-state index >= 15 is 0 Å². The van der Waals surface area contributed by atoms with Gasteiger partial charge in [0.1, 0.15) is 35.7 Å². The number of amides is 7. The first-order valence-corrected chi connectivity index (χ1v) is 21.7. The second-order valence-electron chi connectivity index (χ2n) is 16.2. The normalized spacial score (nSPS) is 19.3. The number of fused-ring (bicyclic) bond motifs is 5. The molecule has 0 aromatic heterocycles. The molecule has 7 amide bonds. The van der Waals surface area contributed by atoms with Gasteiger partial charge in [-0.25, -0.2) is 0 Å². The Hall–Kier alpha value is -7.06. The number of nitrogens with zero attached hydrogens (tertiary/aromatic N) is 2. The Kier molecular flexibility index (Phi) is 15.6. The van der Waals surface area contributed by atoms with Gasteiger partial charge in [-0.3, -0.25) is 33.6 Å². The maximum Gasteiger partial charge on any atom is 0.260 e. The van der Waals surface area contributed by atoms with E-state index in [9.17, 15) is 43.8 Å². The SMILES string of the molecule is CN(C(=O)C(CCCCN)NC(=O)c1ccc(-c2ccc(Cl)cc2)cc1)C1C(=O)NC(N)C(=O)NC(C(=O)NC(N)C(=O)N2CCCC2C(N)=O)Cc2ccc(O)c(c2)-c2cc1ccc2O. The molecule has 2 aliphatic heterocycles. The van der Waals surface area contributed by atoms with E-state index in [1.807, 2.05) is 12.1 Å². The van der Waals surface area contributed by atoms with Crippen molar-refractivity contribution in [3.05, 3.63) is 107 Å². The van der Waals surface area contributed by atoms with Crippen LogP contribution in [0.5, 0.6) is 11.5 Å². The number of carbonyl (C=O) groups is 7. The average molecular weight is 925 g/mol. The molecule has 19 nitrogen and oxygen atoms in total. The molecule has 0 saturated carbocycles. The number of unbranched alkanes of at least 4 members (excludes halogenated alkanes) is 1. The van der Waals surface area contributed by atoms with Gasteiger partial charge < -0.3 is 64.2 Å². The Morgan fingerprint density at radius 3 is 2.15 bits per heavy atom. The molecule has 6 unspecified atom stereocenters. The van der Waals surface area contributed by atoms with Crippen LogP contribution in [0, 0.1) is 0 Å². The summed E-state index contributed by atoms with van der Waals surface area (Å²) in [6, 6.07) is 17.0. The van der Waals surface area contributed by atoms with Crippen LogP contribution in [0.1, 0.15) is 59.6 Å². The molecule has 0 aliphatic carbocycles. The number of phenolic OH excluding ortho intramolecular Hbond substituents is 2. The third kappa shape index (κ3) is 11.2. The second kappa shape index (κ2) is 21.3. The zero-order valence-electron chi connectivity index (χ0n) is 36.0. The molecule has 2 heterocycles. The highest BCUT2D eigenvalue weighted by molar-refractivity contribution is 6.30. The lowest BCUT2D eigenvalue weighted by Gasteiger charge is -2.32. The Morgan fingerprint density at radius 2 is 1.50 bits per heavy atom. The summed E-state index contributed by atoms with van der Waals surface area (Å²) < 4.78 is 0. The van der Waals surface area contributed by atoms with Gasteiger partial charge >= 0.3 is 0 Å². The molecule has 1 saturated heterocycles. The highest BCUT2D eigenvalue weighted by Crippen LogP contribution is 2.39. The van der Waals surface area contributed by atoms with E-state index in [0.29, 0.717) is 42.8 Å². The largest absolute Gasteiger partial charge is 0.507 e. The number of likely N-dealkylation sites (N-methyl/N-ethyl adjacent to an activating group) is 1. The summed E-state index contributed by atoms with van der Waals surface area (Å²) in [5.74, 6) is -6.34. The lowest BCUT2D eigenvalue weighted by atomic mass is 9.93. The van der Waals surface area contributed by atoms with E-state index in [4.69, 9.17) is 34.5 Å². The van der Waals surface area contributed by atoms with Crippen molar-refractivity contribution >= 4 is 53.0 Å². The summed E-state index contributed by atoms with van der Waals surface area (Å²) in [6.07, 6.45) is -1.83. The van der Waals surface area contributed by atoms with Crippen LogP contribution in [0.25, 0.3) is 22.3 Å². The van der Waals surface area contributed by atoms with Gasteiger partial charge in [0.2, 0.25) is 23.6 Å². The fourth-order valence-electron chi connectivity index (χ4n) is 8.06. The number of hydrogen-bond donors (Lipinski definition) is 10. The minimum absolute atomic E-state index is 0.0361. The number of primary amides is 1. The summed E-state index contributed by atoms with van der Waals surface area (Å²) in [5.41, 5.74) is 26.1. The van der Waals surface area contributed by atoms with Gasteiger partial charge in [-0.15, -0.1) is 0 Å². The number of nitrogens with one attached hydrogen (secondary N) is 4. The first kappa shape index (κ1) is 48.4. The van der Waals surface area contributed by atoms with Crippen molar-refractivity contribution in [2.24, 2.45) is 22.9 Å². The van der Waals surface area contributed by atoms with Gasteiger partial charge in [0, 0.05) is 41.7 Å². The molecule has 0 radical (unpaired) electrons. The Balaban J connectivity index is 1.30. The molecule has 0 spiro atoms. The van der Waals surface area contributed by atoms with Crippen LogP contribution in [0.3, 0.4) is 0 Å². The fraction of sp³-hybridized carbons (Fsp3) is 0.326. The third-order valence-electron chi connectivity index (χ3n) is 11.6. The summed E-state index contributed by atoms with van der Waals surface area (Å²) in [6.45, 7) is 0.497. The Bertz CT molecular complexity index is 2490. The van der Waals surface area contributed by atoms with Crippen LogP contribution in [0.4, 0.5) is 0 Å². The van der Waals surface area contributed by atoms with Crippen molar-refractivity contribution in [3.63, 3.8) is 0 Å². The summed E-state index contributed by atoms with van der Waals surface area (Å²) in [7, 11) is 1.33. The Labute approximate surface area is 385 Å². The van der Waals surface area contributed by atoms with Crippen LogP contribution >= 0.6 is 11.6 Å². The van der Waals surface area contributed by atoms with E-state index in [0.717, 1.165) is 16.0 Å². The smallest absolute Gasteiger partial charge is 0.260 e. The predicted molar refractivity (Wildman–Crippen MR) is 244 cm³/mol. The maximum absolute atomic E-state index is 14.6. The van der Waals surface area contributed by atoms with Crippen molar-refractivity contribution in [3.8, 4) is 33.8 Å². The van der Waals surface area contributed by atoms with Gasteiger partial charge in [-0.1, -0.05) is 48.0 Å². The van der Waals surface area contributed by atoms with E-state index in [2.05, 4.69) is 21.3 Å². The molecule has 4 bridgehead atoms. The topological polar surface area (TPSA) is 319 Å². The standard InChI is InChI=1S/C46H53ClN10O9/c1-56(45(65)32(5-2-3-19-48)52-41(61)27-10-8-25(9-11-27)26-12-15-29(47)16-13-26)37-28-14-18-36(59)31(23-28)30-21-24(7-17-35(30)58)22-33(53-44(64)38(49)54-43(37)63)42(62)55-39(50)46(66)57-20-4-6-34(57)40(51)60/h7-18,21,23,32-34,37-39,58-59H,2-6,19-20,22,48-50H2,1H3,(H2,51,60)(H,52,61)(H,53,64)(H,54,63)(H,55,62). The molecule has 4 aromatic rings. The zero-order chi connectivity index (χ0) is 47.8. The first-order valence-electron chi connectivity index (χ1n) is 21.3. The molecule has 6 rings (SSSR count). The molecule has 348 valence electrons. The number of benzene rings is 4. The van der Waals surface area contributed by atoms with Gasteiger partial charge in [0.15, 0.2) is 12.3 Å². The van der Waals surface area contributed by atoms with E-state index in [-0.39, 0.29) is 53.1 Å². The number of aromatic hydroxyl groups is 2. The number of likely N-dealkylation sites (tertiary alicyclic amines) is 1. The van der Waals surface area contributed by atoms with E-state index < -0.39 is 77.8 Å². The molecular weight excluding hydrogens is 872 g/mol. The zero-order valence-corrected chi connectivity index (χ0v) is 36.8. The van der Waals surface area contributed by atoms with Crippen LogP contribution in [0.2, 0.25) is 5.02 Å². The van der Waals surface area contributed by atoms with Crippen molar-refractivity contribution in [2.45, 2.75) is 75.0 Å². The van der Waals surface area contributed by atoms with Crippen molar-refractivity contribution in [2.75, 3.05) is 20.1 Å². The molecule has 1 fully saturated rings. The number of phenols is 2. The van der Waals surface area contributed by atoms with Crippen LogP contribution in [0.15, 0.2) is 84.9 Å².